The van der Waals surface area contributed by atoms with Gasteiger partial charge in [0.05, 0.1) is 6.54 Å². The third kappa shape index (κ3) is 4.55. The molecule has 2 heterocycles. The lowest BCUT2D eigenvalue weighted by molar-refractivity contribution is -0.137. The topological polar surface area (TPSA) is 68.0 Å². The van der Waals surface area contributed by atoms with E-state index in [-0.39, 0.29) is 18.8 Å². The van der Waals surface area contributed by atoms with Gasteiger partial charge in [-0.3, -0.25) is 9.36 Å². The van der Waals surface area contributed by atoms with Crippen LogP contribution >= 0.6 is 39.3 Å². The standard InChI is InChI=1S/C17H14BrClFN3O2S/c18-11-4-3-10(12(20)8-11)9-23-16-13(5-6-14(19)22-16)21-17(23)26-7-1-2-15(24)25/h3-6,8H,1-2,7,9H2,(H,24,25). The number of pyridine rings is 1. The fraction of sp³-hybridized carbons (Fsp3) is 0.235. The van der Waals surface area contributed by atoms with E-state index in [2.05, 4.69) is 25.9 Å². The Morgan fingerprint density at radius 1 is 1.31 bits per heavy atom. The van der Waals surface area contributed by atoms with Crippen molar-refractivity contribution in [2.75, 3.05) is 5.75 Å². The van der Waals surface area contributed by atoms with Crippen LogP contribution in [-0.2, 0) is 11.3 Å². The highest BCUT2D eigenvalue weighted by molar-refractivity contribution is 9.10. The number of hydrogen-bond acceptors (Lipinski definition) is 4. The summed E-state index contributed by atoms with van der Waals surface area (Å²) in [6, 6.07) is 8.31. The van der Waals surface area contributed by atoms with E-state index in [0.29, 0.717) is 43.7 Å². The van der Waals surface area contributed by atoms with E-state index in [0.717, 1.165) is 0 Å². The normalized spacial score (nSPS) is 11.2. The summed E-state index contributed by atoms with van der Waals surface area (Å²) in [5, 5.41) is 9.74. The maximum Gasteiger partial charge on any atom is 0.303 e. The Kier molecular flexibility index (Phi) is 6.16. The second-order valence-electron chi connectivity index (χ2n) is 5.54. The minimum absolute atomic E-state index is 0.0959. The monoisotopic (exact) mass is 457 g/mol. The van der Waals surface area contributed by atoms with Crippen LogP contribution in [0.25, 0.3) is 11.2 Å². The molecular weight excluding hydrogens is 445 g/mol. The second-order valence-corrected chi connectivity index (χ2v) is 7.90. The minimum Gasteiger partial charge on any atom is -0.481 e. The molecule has 0 aliphatic carbocycles. The molecule has 26 heavy (non-hydrogen) atoms. The van der Waals surface area contributed by atoms with Crippen molar-refractivity contribution in [3.8, 4) is 0 Å². The predicted octanol–water partition coefficient (Wildman–Crippen LogP) is 4.99. The summed E-state index contributed by atoms with van der Waals surface area (Å²) in [5.41, 5.74) is 1.73. The first-order chi connectivity index (χ1) is 12.4. The predicted molar refractivity (Wildman–Crippen MR) is 103 cm³/mol. The van der Waals surface area contributed by atoms with Gasteiger partial charge in [0.15, 0.2) is 10.8 Å². The molecule has 3 rings (SSSR count). The summed E-state index contributed by atoms with van der Waals surface area (Å²) in [4.78, 5) is 19.5. The molecule has 0 saturated heterocycles. The lowest BCUT2D eigenvalue weighted by Gasteiger charge is -2.09. The Balaban J connectivity index is 1.93. The first-order valence-electron chi connectivity index (χ1n) is 7.75. The second kappa shape index (κ2) is 8.37. The number of hydrogen-bond donors (Lipinski definition) is 1. The molecule has 136 valence electrons. The summed E-state index contributed by atoms with van der Waals surface area (Å²) in [5.74, 6) is -0.568. The number of nitrogens with zero attached hydrogens (tertiary/aromatic N) is 3. The van der Waals surface area contributed by atoms with Gasteiger partial charge in [0.2, 0.25) is 0 Å². The van der Waals surface area contributed by atoms with Crippen molar-refractivity contribution < 1.29 is 14.3 Å². The summed E-state index contributed by atoms with van der Waals surface area (Å²) in [6.07, 6.45) is 0.614. The van der Waals surface area contributed by atoms with Crippen LogP contribution in [0, 0.1) is 5.82 Å². The zero-order chi connectivity index (χ0) is 18.7. The summed E-state index contributed by atoms with van der Waals surface area (Å²) in [7, 11) is 0. The quantitative estimate of drug-likeness (QED) is 0.307. The molecule has 0 saturated carbocycles. The van der Waals surface area contributed by atoms with E-state index < -0.39 is 5.97 Å². The number of imidazole rings is 1. The van der Waals surface area contributed by atoms with Gasteiger partial charge >= 0.3 is 5.97 Å². The minimum atomic E-state index is -0.829. The third-order valence-corrected chi connectivity index (χ3v) is 5.40. The average molecular weight is 459 g/mol. The first-order valence-corrected chi connectivity index (χ1v) is 9.91. The van der Waals surface area contributed by atoms with Crippen LogP contribution in [0.2, 0.25) is 5.15 Å². The number of carboxylic acids is 1. The Bertz CT molecular complexity index is 967. The first kappa shape index (κ1) is 19.1. The maximum atomic E-state index is 14.3. The summed E-state index contributed by atoms with van der Waals surface area (Å²) in [6.45, 7) is 0.254. The number of halogens is 3. The maximum absolute atomic E-state index is 14.3. The van der Waals surface area contributed by atoms with Crippen molar-refractivity contribution in [3.63, 3.8) is 0 Å². The lowest BCUT2D eigenvalue weighted by Crippen LogP contribution is -2.05. The molecule has 5 nitrogen and oxygen atoms in total. The third-order valence-electron chi connectivity index (χ3n) is 3.63. The molecule has 0 unspecified atom stereocenters. The van der Waals surface area contributed by atoms with Gasteiger partial charge in [0.1, 0.15) is 16.5 Å². The van der Waals surface area contributed by atoms with Crippen molar-refractivity contribution in [1.82, 2.24) is 14.5 Å². The number of carbonyl (C=O) groups is 1. The average Bonchev–Trinajstić information content (AvgIpc) is 2.91. The molecular formula is C17H14BrClFN3O2S. The molecule has 0 spiro atoms. The van der Waals surface area contributed by atoms with Gasteiger partial charge in [-0.05, 0) is 30.7 Å². The largest absolute Gasteiger partial charge is 0.481 e. The summed E-state index contributed by atoms with van der Waals surface area (Å²) < 4.78 is 16.7. The molecule has 1 aromatic carbocycles. The summed E-state index contributed by atoms with van der Waals surface area (Å²) >= 11 is 10.7. The number of fused-ring (bicyclic) bond motifs is 1. The van der Waals surface area contributed by atoms with Crippen molar-refractivity contribution in [2.24, 2.45) is 0 Å². The Morgan fingerprint density at radius 2 is 2.12 bits per heavy atom. The fourth-order valence-corrected chi connectivity index (χ4v) is 3.83. The van der Waals surface area contributed by atoms with E-state index >= 15 is 0 Å². The van der Waals surface area contributed by atoms with Crippen LogP contribution in [0.3, 0.4) is 0 Å². The van der Waals surface area contributed by atoms with Crippen LogP contribution in [0.1, 0.15) is 18.4 Å². The number of thioether (sulfide) groups is 1. The molecule has 0 bridgehead atoms. The van der Waals surface area contributed by atoms with Crippen molar-refractivity contribution in [2.45, 2.75) is 24.5 Å². The van der Waals surface area contributed by atoms with Crippen LogP contribution in [-0.4, -0.2) is 31.4 Å². The number of carboxylic acid groups (broad SMARTS) is 1. The van der Waals surface area contributed by atoms with E-state index in [9.17, 15) is 9.18 Å². The highest BCUT2D eigenvalue weighted by atomic mass is 79.9. The van der Waals surface area contributed by atoms with Gasteiger partial charge in [-0.25, -0.2) is 14.4 Å². The molecule has 0 aliphatic heterocycles. The van der Waals surface area contributed by atoms with E-state index in [1.165, 1.54) is 17.8 Å². The van der Waals surface area contributed by atoms with E-state index in [4.69, 9.17) is 16.7 Å². The molecule has 3 aromatic rings. The number of benzene rings is 1. The van der Waals surface area contributed by atoms with Gasteiger partial charge in [-0.15, -0.1) is 0 Å². The van der Waals surface area contributed by atoms with Gasteiger partial charge in [-0.2, -0.15) is 0 Å². The van der Waals surface area contributed by atoms with Crippen LogP contribution < -0.4 is 0 Å². The molecule has 9 heteroatoms. The Labute approximate surface area is 166 Å². The molecule has 0 radical (unpaired) electrons. The van der Waals surface area contributed by atoms with Gasteiger partial charge in [0, 0.05) is 22.2 Å². The molecule has 2 aromatic heterocycles. The van der Waals surface area contributed by atoms with E-state index in [1.54, 1.807) is 28.8 Å². The lowest BCUT2D eigenvalue weighted by atomic mass is 10.2. The number of rotatable bonds is 7. The SMILES string of the molecule is O=C(O)CCCSc1nc2ccc(Cl)nc2n1Cc1ccc(Br)cc1F. The fourth-order valence-electron chi connectivity index (χ4n) is 2.42. The smallest absolute Gasteiger partial charge is 0.303 e. The van der Waals surface area contributed by atoms with Crippen molar-refractivity contribution >= 4 is 56.4 Å². The van der Waals surface area contributed by atoms with E-state index in [1.807, 2.05) is 0 Å². The van der Waals surface area contributed by atoms with Crippen LogP contribution in [0.15, 0.2) is 40.0 Å². The number of aliphatic carboxylic acids is 1. The zero-order valence-electron chi connectivity index (χ0n) is 13.5. The highest BCUT2D eigenvalue weighted by Gasteiger charge is 2.15. The van der Waals surface area contributed by atoms with Crippen molar-refractivity contribution in [3.05, 3.63) is 51.3 Å². The highest BCUT2D eigenvalue weighted by Crippen LogP contribution is 2.27. The Morgan fingerprint density at radius 3 is 2.85 bits per heavy atom. The number of aromatic nitrogens is 3. The Hall–Kier alpha value is -1.64. The zero-order valence-corrected chi connectivity index (χ0v) is 16.6. The molecule has 0 fully saturated rings. The molecule has 0 atom stereocenters. The van der Waals surface area contributed by atoms with Gasteiger partial charge in [-0.1, -0.05) is 45.4 Å². The molecule has 0 amide bonds. The molecule has 0 aliphatic rings. The molecule has 1 N–H and O–H groups in total. The van der Waals surface area contributed by atoms with Crippen molar-refractivity contribution in [1.29, 1.82) is 0 Å². The van der Waals surface area contributed by atoms with Gasteiger partial charge < -0.3 is 5.11 Å². The van der Waals surface area contributed by atoms with Crippen LogP contribution in [0.4, 0.5) is 4.39 Å². The van der Waals surface area contributed by atoms with Crippen LogP contribution in [0.5, 0.6) is 0 Å². The van der Waals surface area contributed by atoms with Gasteiger partial charge in [0.25, 0.3) is 0 Å².